The fourth-order valence-corrected chi connectivity index (χ4v) is 1.05. The van der Waals surface area contributed by atoms with Crippen LogP contribution in [0.4, 0.5) is 0 Å². The van der Waals surface area contributed by atoms with Gasteiger partial charge in [-0.2, -0.15) is 0 Å². The van der Waals surface area contributed by atoms with Crippen LogP contribution in [0.25, 0.3) is 0 Å². The first kappa shape index (κ1) is 15.7. The van der Waals surface area contributed by atoms with Gasteiger partial charge in [-0.1, -0.05) is 33.1 Å². The minimum Gasteiger partial charge on any atom is -0.466 e. The molecular weight excluding hydrogens is 271 g/mol. The van der Waals surface area contributed by atoms with Crippen molar-refractivity contribution >= 4 is 29.9 Å². The first-order valence-electron chi connectivity index (χ1n) is 4.76. The molecule has 13 heavy (non-hydrogen) atoms. The standard InChI is InChI=1S/C10H20O2.Sn/c1-9(2)7-5-4-6-8-12-10(3)11;/h9H,4-8H2,1-3H3;. The molecular formula is C10H20O2Sn. The van der Waals surface area contributed by atoms with Crippen LogP contribution in [-0.2, 0) is 9.53 Å². The van der Waals surface area contributed by atoms with Crippen LogP contribution in [0.15, 0.2) is 0 Å². The van der Waals surface area contributed by atoms with Crippen molar-refractivity contribution < 1.29 is 9.53 Å². The molecule has 0 aromatic carbocycles. The Morgan fingerprint density at radius 1 is 1.23 bits per heavy atom. The molecule has 0 fully saturated rings. The van der Waals surface area contributed by atoms with Gasteiger partial charge in [-0.05, 0) is 12.3 Å². The molecule has 0 atom stereocenters. The molecule has 0 amide bonds. The third-order valence-electron chi connectivity index (χ3n) is 1.73. The van der Waals surface area contributed by atoms with Crippen LogP contribution in [0, 0.1) is 5.92 Å². The Hall–Kier alpha value is 0.269. The summed E-state index contributed by atoms with van der Waals surface area (Å²) >= 11 is 0. The van der Waals surface area contributed by atoms with E-state index in [1.807, 2.05) is 0 Å². The number of carbonyl (C=O) groups excluding carboxylic acids is 1. The van der Waals surface area contributed by atoms with Gasteiger partial charge in [0.2, 0.25) is 0 Å². The van der Waals surface area contributed by atoms with E-state index >= 15 is 0 Å². The third-order valence-corrected chi connectivity index (χ3v) is 1.73. The SMILES string of the molecule is CC(=O)OCCCCCC(C)C.[Sn]. The quantitative estimate of drug-likeness (QED) is 0.427. The molecule has 0 saturated carbocycles. The van der Waals surface area contributed by atoms with E-state index in [1.54, 1.807) is 0 Å². The van der Waals surface area contributed by atoms with Crippen molar-refractivity contribution in [2.24, 2.45) is 5.92 Å². The Bertz CT molecular complexity index is 124. The van der Waals surface area contributed by atoms with Gasteiger partial charge in [-0.3, -0.25) is 4.79 Å². The molecule has 0 N–H and O–H groups in total. The van der Waals surface area contributed by atoms with Crippen LogP contribution < -0.4 is 0 Å². The van der Waals surface area contributed by atoms with Crippen LogP contribution >= 0.6 is 0 Å². The second kappa shape index (κ2) is 10.4. The molecule has 0 aliphatic rings. The van der Waals surface area contributed by atoms with Gasteiger partial charge < -0.3 is 4.74 Å². The Morgan fingerprint density at radius 3 is 2.31 bits per heavy atom. The summed E-state index contributed by atoms with van der Waals surface area (Å²) in [6.07, 6.45) is 4.71. The van der Waals surface area contributed by atoms with Crippen molar-refractivity contribution in [1.29, 1.82) is 0 Å². The van der Waals surface area contributed by atoms with Crippen molar-refractivity contribution in [3.05, 3.63) is 0 Å². The molecule has 0 aromatic rings. The zero-order valence-electron chi connectivity index (χ0n) is 8.93. The molecule has 3 heteroatoms. The topological polar surface area (TPSA) is 26.3 Å². The molecule has 0 rings (SSSR count). The van der Waals surface area contributed by atoms with Crippen molar-refractivity contribution in [1.82, 2.24) is 0 Å². The maximum absolute atomic E-state index is 10.4. The van der Waals surface area contributed by atoms with Crippen LogP contribution in [0.1, 0.15) is 46.5 Å². The normalized spacial score (nSPS) is 9.54. The molecule has 0 bridgehead atoms. The van der Waals surface area contributed by atoms with Gasteiger partial charge in [0, 0.05) is 30.8 Å². The molecule has 76 valence electrons. The van der Waals surface area contributed by atoms with E-state index in [-0.39, 0.29) is 29.9 Å². The molecule has 0 aliphatic carbocycles. The largest absolute Gasteiger partial charge is 0.466 e. The molecule has 0 unspecified atom stereocenters. The summed E-state index contributed by atoms with van der Waals surface area (Å²) in [5.41, 5.74) is 0. The van der Waals surface area contributed by atoms with Crippen LogP contribution in [0.2, 0.25) is 0 Å². The minimum atomic E-state index is -0.168. The zero-order chi connectivity index (χ0) is 9.40. The van der Waals surface area contributed by atoms with Gasteiger partial charge in [0.15, 0.2) is 0 Å². The van der Waals surface area contributed by atoms with Crippen molar-refractivity contribution in [3.63, 3.8) is 0 Å². The van der Waals surface area contributed by atoms with E-state index in [9.17, 15) is 4.79 Å². The van der Waals surface area contributed by atoms with E-state index in [4.69, 9.17) is 4.74 Å². The van der Waals surface area contributed by atoms with Gasteiger partial charge in [0.25, 0.3) is 0 Å². The molecule has 0 heterocycles. The third kappa shape index (κ3) is 15.1. The smallest absolute Gasteiger partial charge is 0.302 e. The van der Waals surface area contributed by atoms with Gasteiger partial charge in [-0.15, -0.1) is 0 Å². The Balaban J connectivity index is 0. The van der Waals surface area contributed by atoms with Gasteiger partial charge in [0.05, 0.1) is 6.61 Å². The number of unbranched alkanes of at least 4 members (excludes halogenated alkanes) is 2. The molecule has 0 aromatic heterocycles. The van der Waals surface area contributed by atoms with E-state index in [1.165, 1.54) is 26.2 Å². The van der Waals surface area contributed by atoms with E-state index < -0.39 is 0 Å². The summed E-state index contributed by atoms with van der Waals surface area (Å²) in [6.45, 7) is 6.50. The van der Waals surface area contributed by atoms with Crippen LogP contribution in [0.5, 0.6) is 0 Å². The van der Waals surface area contributed by atoms with Crippen molar-refractivity contribution in [3.8, 4) is 0 Å². The number of rotatable bonds is 6. The summed E-state index contributed by atoms with van der Waals surface area (Å²) in [7, 11) is 0. The summed E-state index contributed by atoms with van der Waals surface area (Å²) in [5.74, 6) is 0.623. The Labute approximate surface area is 98.4 Å². The molecule has 0 aliphatic heterocycles. The average molecular weight is 291 g/mol. The van der Waals surface area contributed by atoms with Gasteiger partial charge >= 0.3 is 5.97 Å². The first-order valence-corrected chi connectivity index (χ1v) is 4.76. The summed E-state index contributed by atoms with van der Waals surface area (Å²) in [5, 5.41) is 0. The Morgan fingerprint density at radius 2 is 1.85 bits per heavy atom. The number of hydrogen-bond donors (Lipinski definition) is 0. The summed E-state index contributed by atoms with van der Waals surface area (Å²) in [4.78, 5) is 10.4. The van der Waals surface area contributed by atoms with Crippen LogP contribution in [0.3, 0.4) is 0 Å². The summed E-state index contributed by atoms with van der Waals surface area (Å²) in [6, 6.07) is 0. The van der Waals surface area contributed by atoms with Gasteiger partial charge in [0.1, 0.15) is 0 Å². The molecule has 0 saturated heterocycles. The number of esters is 1. The predicted octanol–water partition coefficient (Wildman–Crippen LogP) is 2.39. The maximum Gasteiger partial charge on any atom is 0.302 e. The van der Waals surface area contributed by atoms with Crippen molar-refractivity contribution in [2.75, 3.05) is 6.61 Å². The summed E-state index contributed by atoms with van der Waals surface area (Å²) < 4.78 is 4.81. The van der Waals surface area contributed by atoms with Gasteiger partial charge in [-0.25, -0.2) is 0 Å². The van der Waals surface area contributed by atoms with Crippen molar-refractivity contribution in [2.45, 2.75) is 46.5 Å². The maximum atomic E-state index is 10.4. The van der Waals surface area contributed by atoms with E-state index in [2.05, 4.69) is 13.8 Å². The first-order chi connectivity index (χ1) is 5.63. The molecule has 0 spiro atoms. The fourth-order valence-electron chi connectivity index (χ4n) is 1.05. The fraction of sp³-hybridized carbons (Fsp3) is 0.900. The van der Waals surface area contributed by atoms with Crippen LogP contribution in [-0.4, -0.2) is 36.5 Å². The minimum absolute atomic E-state index is 0. The second-order valence-corrected chi connectivity index (χ2v) is 3.58. The average Bonchev–Trinajstić information content (AvgIpc) is 1.95. The predicted molar refractivity (Wildman–Crippen MR) is 55.7 cm³/mol. The Kier molecular flexibility index (Phi) is 12.5. The monoisotopic (exact) mass is 292 g/mol. The molecule has 4 radical (unpaired) electrons. The van der Waals surface area contributed by atoms with E-state index in [0.29, 0.717) is 6.61 Å². The molecule has 2 nitrogen and oxygen atoms in total. The number of carbonyl (C=O) groups is 1. The zero-order valence-corrected chi connectivity index (χ0v) is 11.8. The number of hydrogen-bond acceptors (Lipinski definition) is 2. The van der Waals surface area contributed by atoms with E-state index in [0.717, 1.165) is 12.3 Å². The second-order valence-electron chi connectivity index (χ2n) is 3.58. The number of ether oxygens (including phenoxy) is 1.